The molecule has 698 valence electrons. The zero-order valence-corrected chi connectivity index (χ0v) is 82.5. The molecule has 4 aliphatic rings. The van der Waals surface area contributed by atoms with E-state index in [2.05, 4.69) is 423 Å². The maximum Gasteiger partial charge on any atom is 0.0621 e. The predicted octanol–water partition coefficient (Wildman–Crippen LogP) is 39.0. The SMILES string of the molecule is Cc1ccc(C)c(N(c2ccccc2)c2cccc3c2c2cccc4c5cc6c(cc5n3c42)c2cccc3c4c(N(c5cccc(C7CCCC(c8ccc(N(c9ccc(C%10CCCCC%10)cc9)c9cccc%10c9c9cccc%11c%12cc%13c(cc%12n%10c%119)c9cccc%10c%11c(N(c%12ccc(C%14CCCCC%14)cc%12)c%12ccc(C%14CCCCC%14)cc%12)cccc%11n%13c9%10)cc8)C7)c5)c5cc(C)ccc5C)cccc4n6c23)c1. The Morgan fingerprint density at radius 3 is 0.806 bits per heavy atom. The Morgan fingerprint density at radius 2 is 0.458 bits per heavy atom. The van der Waals surface area contributed by atoms with E-state index < -0.39 is 0 Å². The lowest BCUT2D eigenvalue weighted by atomic mass is 9.75. The van der Waals surface area contributed by atoms with Crippen molar-refractivity contribution in [1.29, 1.82) is 0 Å². The van der Waals surface area contributed by atoms with Crippen LogP contribution in [0.25, 0.3) is 152 Å². The number of fused-ring (bicyclic) bond motifs is 24. The minimum Gasteiger partial charge on any atom is -0.310 e. The van der Waals surface area contributed by atoms with Gasteiger partial charge in [0.25, 0.3) is 0 Å². The smallest absolute Gasteiger partial charge is 0.0621 e. The van der Waals surface area contributed by atoms with Crippen LogP contribution in [0.15, 0.2) is 358 Å². The van der Waals surface area contributed by atoms with Gasteiger partial charge in [0, 0.05) is 132 Å². The number of hydrogen-bond donors (Lipinski definition) is 0. The fraction of sp³-hybridized carbons (Fsp3) is 0.206. The topological polar surface area (TPSA) is 30.6 Å². The van der Waals surface area contributed by atoms with Gasteiger partial charge in [-0.2, -0.15) is 0 Å². The molecule has 2 atom stereocenters. The van der Waals surface area contributed by atoms with Gasteiger partial charge < -0.3 is 37.2 Å². The van der Waals surface area contributed by atoms with Gasteiger partial charge in [-0.3, -0.25) is 0 Å². The second-order valence-electron chi connectivity index (χ2n) is 43.4. The summed E-state index contributed by atoms with van der Waals surface area (Å²) in [6, 6.07) is 140. The van der Waals surface area contributed by atoms with Crippen LogP contribution in [0.3, 0.4) is 0 Å². The molecule has 8 heteroatoms. The van der Waals surface area contributed by atoms with Gasteiger partial charge in [-0.25, -0.2) is 0 Å². The highest BCUT2D eigenvalue weighted by molar-refractivity contribution is 6.34. The molecule has 0 radical (unpaired) electrons. The number of aromatic nitrogens is 4. The monoisotopic (exact) mass is 1860 g/mol. The van der Waals surface area contributed by atoms with Crippen LogP contribution >= 0.6 is 0 Å². The van der Waals surface area contributed by atoms with Crippen LogP contribution in [0.5, 0.6) is 0 Å². The molecule has 2 unspecified atom stereocenters. The highest BCUT2D eigenvalue weighted by Crippen LogP contribution is 2.57. The van der Waals surface area contributed by atoms with Crippen molar-refractivity contribution in [3.63, 3.8) is 0 Å². The van der Waals surface area contributed by atoms with Crippen LogP contribution < -0.4 is 19.6 Å². The van der Waals surface area contributed by atoms with E-state index in [0.29, 0.717) is 29.6 Å². The third-order valence-corrected chi connectivity index (χ3v) is 35.3. The second-order valence-corrected chi connectivity index (χ2v) is 43.4. The molecule has 4 aliphatic carbocycles. The Labute approximate surface area is 839 Å². The zero-order valence-electron chi connectivity index (χ0n) is 82.5. The number of anilines is 12. The minimum atomic E-state index is 0.375. The number of para-hydroxylation sites is 5. The first-order valence-electron chi connectivity index (χ1n) is 53.6. The highest BCUT2D eigenvalue weighted by atomic mass is 15.2. The average molecular weight is 1860 g/mol. The van der Waals surface area contributed by atoms with Gasteiger partial charge >= 0.3 is 0 Å². The van der Waals surface area contributed by atoms with E-state index >= 15 is 0 Å². The quantitative estimate of drug-likeness (QED) is 0.0909. The van der Waals surface area contributed by atoms with Crippen LogP contribution in [0.4, 0.5) is 68.2 Å². The number of rotatable bonds is 17. The Kier molecular flexibility index (Phi) is 19.3. The standard InChI is InChI=1S/C136H114N8/c1-83-55-57-85(3)123(75-83)139(97-36-15-8-16-37-97)117-49-25-53-121-131(117)109-45-21-41-105-113-82-128-114(81-127(113)143(121)135(105)109)106-42-22-46-110-132-118(50-26-54-122(132)144(128)136(106)110)140(124-76-84(2)56-58-86(124)4)102-38-18-35-96(78-102)95-34-17-33-94(77-95)93-65-73-101(74-66-93)138(100-71-63-92(64-72-100)89-31-13-7-14-32-89)116-48-24-52-120-130(116)108-44-20-40-104-112-79-125-111(80-126(112)142(120)134(104)108)103-39-19-43-107-129-115(47-23-51-119(129)141(125)133(103)107)137(98-67-59-90(60-68-98)87-27-9-5-10-28-87)99-69-61-91(62-70-99)88-29-11-6-12-30-88/h8,15-16,18-26,35-76,78-82,87-89,94-95H,5-7,9-14,17,27-34,77H2,1-4H3. The van der Waals surface area contributed by atoms with Crippen LogP contribution in [0.2, 0.25) is 0 Å². The lowest BCUT2D eigenvalue weighted by Gasteiger charge is -2.32. The lowest BCUT2D eigenvalue weighted by molar-refractivity contribution is 0.394. The number of benzene rings is 18. The van der Waals surface area contributed by atoms with E-state index in [1.165, 1.54) is 368 Å². The van der Waals surface area contributed by atoms with Crippen molar-refractivity contribution < 1.29 is 0 Å². The third-order valence-electron chi connectivity index (χ3n) is 35.3. The molecular formula is C136H114N8. The summed E-state index contributed by atoms with van der Waals surface area (Å²) in [6.07, 6.45) is 24.3. The first kappa shape index (κ1) is 84.1. The highest BCUT2D eigenvalue weighted by Gasteiger charge is 2.35. The van der Waals surface area contributed by atoms with Crippen molar-refractivity contribution in [2.45, 2.75) is 179 Å². The maximum absolute atomic E-state index is 2.63. The first-order valence-corrected chi connectivity index (χ1v) is 53.6. The summed E-state index contributed by atoms with van der Waals surface area (Å²) in [5.74, 6) is 2.66. The second kappa shape index (κ2) is 33.0. The molecular weight excluding hydrogens is 1750 g/mol. The van der Waals surface area contributed by atoms with E-state index in [1.807, 2.05) is 0 Å². The Morgan fingerprint density at radius 1 is 0.181 bits per heavy atom. The molecule has 8 heterocycles. The molecule has 0 spiro atoms. The normalized spacial score (nSPS) is 16.3. The van der Waals surface area contributed by atoms with Crippen molar-refractivity contribution in [1.82, 2.24) is 17.6 Å². The third kappa shape index (κ3) is 12.8. The fourth-order valence-electron chi connectivity index (χ4n) is 28.5. The summed E-state index contributed by atoms with van der Waals surface area (Å²) >= 11 is 0. The number of aryl methyl sites for hydroxylation is 4. The molecule has 8 nitrogen and oxygen atoms in total. The fourth-order valence-corrected chi connectivity index (χ4v) is 28.5. The van der Waals surface area contributed by atoms with Gasteiger partial charge in [-0.05, 0) is 323 Å². The lowest BCUT2D eigenvalue weighted by Crippen LogP contribution is -2.15. The molecule has 4 fully saturated rings. The Bertz CT molecular complexity index is 9530. The molecule has 0 bridgehead atoms. The van der Waals surface area contributed by atoms with Gasteiger partial charge in [0.1, 0.15) is 0 Å². The Hall–Kier alpha value is -15.6. The molecule has 8 aromatic heterocycles. The molecule has 0 saturated heterocycles. The van der Waals surface area contributed by atoms with Crippen molar-refractivity contribution in [2.24, 2.45) is 0 Å². The summed E-state index contributed by atoms with van der Waals surface area (Å²) in [6.45, 7) is 8.99. The number of hydrogen-bond acceptors (Lipinski definition) is 4. The van der Waals surface area contributed by atoms with Crippen LogP contribution in [-0.2, 0) is 0 Å². The van der Waals surface area contributed by atoms with Crippen LogP contribution in [-0.4, -0.2) is 17.6 Å². The van der Waals surface area contributed by atoms with Crippen molar-refractivity contribution in [3.8, 4) is 0 Å². The van der Waals surface area contributed by atoms with Crippen molar-refractivity contribution in [2.75, 3.05) is 19.6 Å². The van der Waals surface area contributed by atoms with E-state index in [9.17, 15) is 0 Å². The van der Waals surface area contributed by atoms with E-state index in [0.717, 1.165) is 24.9 Å². The number of nitrogens with zero attached hydrogens (tertiary/aromatic N) is 8. The Balaban J connectivity index is 0.501. The minimum absolute atomic E-state index is 0.375. The van der Waals surface area contributed by atoms with Crippen molar-refractivity contribution >= 4 is 221 Å². The van der Waals surface area contributed by atoms with Gasteiger partial charge in [0.2, 0.25) is 0 Å². The summed E-state index contributed by atoms with van der Waals surface area (Å²) in [5.41, 5.74) is 41.5. The van der Waals surface area contributed by atoms with Gasteiger partial charge in [-0.15, -0.1) is 0 Å². The predicted molar refractivity (Wildman–Crippen MR) is 611 cm³/mol. The molecule has 0 amide bonds. The van der Waals surface area contributed by atoms with Crippen molar-refractivity contribution in [3.05, 3.63) is 408 Å². The largest absolute Gasteiger partial charge is 0.310 e. The van der Waals surface area contributed by atoms with Crippen LogP contribution in [0, 0.1) is 27.7 Å². The van der Waals surface area contributed by atoms with E-state index in [1.54, 1.807) is 0 Å². The summed E-state index contributed by atoms with van der Waals surface area (Å²) < 4.78 is 10.4. The van der Waals surface area contributed by atoms with E-state index in [-0.39, 0.29) is 0 Å². The summed E-state index contributed by atoms with van der Waals surface area (Å²) in [5, 5.41) is 20.4. The molecule has 144 heavy (non-hydrogen) atoms. The van der Waals surface area contributed by atoms with Gasteiger partial charge in [0.15, 0.2) is 0 Å². The molecule has 30 rings (SSSR count). The molecule has 26 aromatic rings. The molecule has 0 N–H and O–H groups in total. The molecule has 18 aromatic carbocycles. The van der Waals surface area contributed by atoms with E-state index in [4.69, 9.17) is 0 Å². The zero-order chi connectivity index (χ0) is 95.0. The summed E-state index contributed by atoms with van der Waals surface area (Å²) in [7, 11) is 0. The van der Waals surface area contributed by atoms with Gasteiger partial charge in [0.05, 0.1) is 88.9 Å². The van der Waals surface area contributed by atoms with Gasteiger partial charge in [-0.1, -0.05) is 264 Å². The molecule has 0 aliphatic heterocycles. The van der Waals surface area contributed by atoms with Crippen LogP contribution in [0.1, 0.15) is 202 Å². The molecule has 4 saturated carbocycles. The maximum atomic E-state index is 2.63. The summed E-state index contributed by atoms with van der Waals surface area (Å²) in [4.78, 5) is 10.3. The average Bonchev–Trinajstić information content (AvgIpc) is 1.51. The first-order chi connectivity index (χ1) is 71.1.